The van der Waals surface area contributed by atoms with Crippen LogP contribution in [0.5, 0.6) is 0 Å². The average molecular weight is 314 g/mol. The predicted molar refractivity (Wildman–Crippen MR) is 88.1 cm³/mol. The maximum atomic E-state index is 12.0. The average Bonchev–Trinajstić information content (AvgIpc) is 2.95. The standard InChI is InChI=1S/C17H16ClN3O/c18-15-6-1-4-14(12-15)17(22)20-9-3-10-21-11-7-13-5-2-8-19-16(13)21/h1-2,4-8,11-12H,3,9-10H2,(H,20,22). The van der Waals surface area contributed by atoms with Crippen LogP contribution in [0.1, 0.15) is 16.8 Å². The lowest BCUT2D eigenvalue weighted by Gasteiger charge is -2.07. The van der Waals surface area contributed by atoms with Gasteiger partial charge < -0.3 is 9.88 Å². The number of aryl methyl sites for hydroxylation is 1. The van der Waals surface area contributed by atoms with Gasteiger partial charge in [0.15, 0.2) is 0 Å². The Morgan fingerprint density at radius 3 is 3.00 bits per heavy atom. The third-order valence-corrected chi connectivity index (χ3v) is 3.71. The van der Waals surface area contributed by atoms with Gasteiger partial charge in [-0.2, -0.15) is 0 Å². The molecule has 1 aromatic carbocycles. The summed E-state index contributed by atoms with van der Waals surface area (Å²) in [6, 6.07) is 13.0. The van der Waals surface area contributed by atoms with E-state index in [1.165, 1.54) is 0 Å². The molecule has 0 atom stereocenters. The lowest BCUT2D eigenvalue weighted by atomic mass is 10.2. The summed E-state index contributed by atoms with van der Waals surface area (Å²) < 4.78 is 2.10. The van der Waals surface area contributed by atoms with Gasteiger partial charge in [-0.1, -0.05) is 17.7 Å². The van der Waals surface area contributed by atoms with Gasteiger partial charge in [-0.15, -0.1) is 0 Å². The van der Waals surface area contributed by atoms with Gasteiger partial charge in [0.25, 0.3) is 5.91 Å². The molecule has 4 nitrogen and oxygen atoms in total. The van der Waals surface area contributed by atoms with E-state index in [4.69, 9.17) is 11.6 Å². The van der Waals surface area contributed by atoms with Crippen molar-refractivity contribution >= 4 is 28.5 Å². The zero-order valence-corrected chi connectivity index (χ0v) is 12.8. The molecule has 1 N–H and O–H groups in total. The number of amides is 1. The SMILES string of the molecule is O=C(NCCCn1ccc2cccnc21)c1cccc(Cl)c1. The Balaban J connectivity index is 1.52. The molecule has 0 fully saturated rings. The van der Waals surface area contributed by atoms with Crippen LogP contribution in [0, 0.1) is 0 Å². The van der Waals surface area contributed by atoms with E-state index < -0.39 is 0 Å². The van der Waals surface area contributed by atoms with Crippen LogP contribution in [0.2, 0.25) is 5.02 Å². The van der Waals surface area contributed by atoms with Crippen molar-refractivity contribution in [2.24, 2.45) is 0 Å². The van der Waals surface area contributed by atoms with Crippen molar-refractivity contribution in [1.29, 1.82) is 0 Å². The zero-order valence-electron chi connectivity index (χ0n) is 12.0. The van der Waals surface area contributed by atoms with Crippen molar-refractivity contribution in [3.8, 4) is 0 Å². The Hall–Kier alpha value is -2.33. The van der Waals surface area contributed by atoms with Crippen LogP contribution in [-0.2, 0) is 6.54 Å². The molecule has 3 aromatic rings. The van der Waals surface area contributed by atoms with Crippen molar-refractivity contribution in [2.75, 3.05) is 6.54 Å². The first-order chi connectivity index (χ1) is 10.7. The molecular formula is C17H16ClN3O. The fourth-order valence-electron chi connectivity index (χ4n) is 2.38. The molecule has 5 heteroatoms. The highest BCUT2D eigenvalue weighted by Gasteiger charge is 2.05. The Morgan fingerprint density at radius 1 is 1.23 bits per heavy atom. The van der Waals surface area contributed by atoms with Crippen LogP contribution in [0.25, 0.3) is 11.0 Å². The Bertz CT molecular complexity index is 797. The smallest absolute Gasteiger partial charge is 0.251 e. The lowest BCUT2D eigenvalue weighted by molar-refractivity contribution is 0.0953. The molecule has 3 rings (SSSR count). The molecule has 0 radical (unpaired) electrons. The van der Waals surface area contributed by atoms with Gasteiger partial charge in [-0.25, -0.2) is 4.98 Å². The van der Waals surface area contributed by atoms with Crippen molar-refractivity contribution < 1.29 is 4.79 Å². The number of carbonyl (C=O) groups excluding carboxylic acids is 1. The summed E-state index contributed by atoms with van der Waals surface area (Å²) in [5.74, 6) is -0.0991. The van der Waals surface area contributed by atoms with Gasteiger partial charge in [0.2, 0.25) is 0 Å². The van der Waals surface area contributed by atoms with E-state index in [0.717, 1.165) is 24.0 Å². The van der Waals surface area contributed by atoms with Gasteiger partial charge in [-0.3, -0.25) is 4.79 Å². The quantitative estimate of drug-likeness (QED) is 0.733. The first kappa shape index (κ1) is 14.6. The molecule has 0 saturated carbocycles. The van der Waals surface area contributed by atoms with Crippen LogP contribution >= 0.6 is 11.6 Å². The van der Waals surface area contributed by atoms with Crippen molar-refractivity contribution in [1.82, 2.24) is 14.9 Å². The Morgan fingerprint density at radius 2 is 2.14 bits per heavy atom. The third kappa shape index (κ3) is 3.28. The van der Waals surface area contributed by atoms with Gasteiger partial charge in [0, 0.05) is 41.5 Å². The van der Waals surface area contributed by atoms with E-state index in [9.17, 15) is 4.79 Å². The summed E-state index contributed by atoms with van der Waals surface area (Å²) in [5.41, 5.74) is 1.56. The molecule has 0 aliphatic carbocycles. The first-order valence-electron chi connectivity index (χ1n) is 7.18. The second kappa shape index (κ2) is 6.62. The second-order valence-corrected chi connectivity index (χ2v) is 5.48. The normalized spacial score (nSPS) is 10.8. The van der Waals surface area contributed by atoms with E-state index in [-0.39, 0.29) is 5.91 Å². The van der Waals surface area contributed by atoms with E-state index in [1.807, 2.05) is 24.4 Å². The molecule has 22 heavy (non-hydrogen) atoms. The number of nitrogens with zero attached hydrogens (tertiary/aromatic N) is 2. The van der Waals surface area contributed by atoms with Crippen LogP contribution in [-0.4, -0.2) is 22.0 Å². The molecule has 0 aliphatic heterocycles. The molecule has 0 bridgehead atoms. The minimum Gasteiger partial charge on any atom is -0.352 e. The van der Waals surface area contributed by atoms with Crippen LogP contribution in [0.3, 0.4) is 0 Å². The number of fused-ring (bicyclic) bond motifs is 1. The minimum absolute atomic E-state index is 0.0991. The topological polar surface area (TPSA) is 46.9 Å². The monoisotopic (exact) mass is 313 g/mol. The number of carbonyl (C=O) groups is 1. The first-order valence-corrected chi connectivity index (χ1v) is 7.55. The summed E-state index contributed by atoms with van der Waals surface area (Å²) >= 11 is 5.88. The molecule has 0 aliphatic rings. The number of aromatic nitrogens is 2. The van der Waals surface area contributed by atoms with Gasteiger partial charge in [0.05, 0.1) is 0 Å². The molecule has 112 valence electrons. The summed E-state index contributed by atoms with van der Waals surface area (Å²) in [5, 5.41) is 4.60. The maximum absolute atomic E-state index is 12.0. The molecule has 2 heterocycles. The van der Waals surface area contributed by atoms with Gasteiger partial charge in [-0.05, 0) is 42.8 Å². The number of benzene rings is 1. The second-order valence-electron chi connectivity index (χ2n) is 5.05. The van der Waals surface area contributed by atoms with E-state index in [0.29, 0.717) is 17.1 Å². The predicted octanol–water partition coefficient (Wildman–Crippen LogP) is 3.51. The highest BCUT2D eigenvalue weighted by Crippen LogP contribution is 2.13. The van der Waals surface area contributed by atoms with E-state index in [2.05, 4.69) is 14.9 Å². The Kier molecular flexibility index (Phi) is 4.39. The highest BCUT2D eigenvalue weighted by molar-refractivity contribution is 6.30. The van der Waals surface area contributed by atoms with Crippen molar-refractivity contribution in [3.05, 3.63) is 65.4 Å². The molecule has 2 aromatic heterocycles. The zero-order chi connectivity index (χ0) is 15.4. The molecule has 0 unspecified atom stereocenters. The van der Waals surface area contributed by atoms with Crippen LogP contribution in [0.15, 0.2) is 54.9 Å². The van der Waals surface area contributed by atoms with Gasteiger partial charge >= 0.3 is 0 Å². The number of hydrogen-bond acceptors (Lipinski definition) is 2. The lowest BCUT2D eigenvalue weighted by Crippen LogP contribution is -2.25. The fraction of sp³-hybridized carbons (Fsp3) is 0.176. The van der Waals surface area contributed by atoms with Crippen LogP contribution in [0.4, 0.5) is 0 Å². The number of rotatable bonds is 5. The molecule has 0 saturated heterocycles. The van der Waals surface area contributed by atoms with Gasteiger partial charge in [0.1, 0.15) is 5.65 Å². The maximum Gasteiger partial charge on any atom is 0.251 e. The highest BCUT2D eigenvalue weighted by atomic mass is 35.5. The Labute approximate surface area is 133 Å². The largest absolute Gasteiger partial charge is 0.352 e. The van der Waals surface area contributed by atoms with E-state index >= 15 is 0 Å². The number of nitrogens with one attached hydrogen (secondary N) is 1. The van der Waals surface area contributed by atoms with Crippen LogP contribution < -0.4 is 5.32 Å². The number of halogens is 1. The summed E-state index contributed by atoms with van der Waals surface area (Å²) in [6.07, 6.45) is 4.66. The van der Waals surface area contributed by atoms with E-state index in [1.54, 1.807) is 30.5 Å². The third-order valence-electron chi connectivity index (χ3n) is 3.47. The summed E-state index contributed by atoms with van der Waals surface area (Å²) in [4.78, 5) is 16.4. The molecule has 1 amide bonds. The number of hydrogen-bond donors (Lipinski definition) is 1. The number of pyridine rings is 1. The molecular weight excluding hydrogens is 298 g/mol. The summed E-state index contributed by atoms with van der Waals surface area (Å²) in [6.45, 7) is 1.42. The van der Waals surface area contributed by atoms with Crippen molar-refractivity contribution in [2.45, 2.75) is 13.0 Å². The fourth-order valence-corrected chi connectivity index (χ4v) is 2.57. The van der Waals surface area contributed by atoms with Crippen molar-refractivity contribution in [3.63, 3.8) is 0 Å². The molecule has 0 spiro atoms. The summed E-state index contributed by atoms with van der Waals surface area (Å²) in [7, 11) is 0. The minimum atomic E-state index is -0.0991.